The van der Waals surface area contributed by atoms with E-state index in [0.717, 1.165) is 27.4 Å². The zero-order valence-corrected chi connectivity index (χ0v) is 16.8. The molecule has 0 aliphatic carbocycles. The van der Waals surface area contributed by atoms with Crippen LogP contribution < -0.4 is 5.32 Å². The van der Waals surface area contributed by atoms with E-state index in [1.54, 1.807) is 0 Å². The second kappa shape index (κ2) is 8.28. The Kier molecular flexibility index (Phi) is 5.38. The largest absolute Gasteiger partial charge is 0.332 e. The summed E-state index contributed by atoms with van der Waals surface area (Å²) >= 11 is 0. The van der Waals surface area contributed by atoms with Gasteiger partial charge < -0.3 is 9.84 Å². The van der Waals surface area contributed by atoms with Crippen LogP contribution in [0.5, 0.6) is 0 Å². The highest BCUT2D eigenvalue weighted by Crippen LogP contribution is 2.20. The molecule has 8 heteroatoms. The third-order valence-corrected chi connectivity index (χ3v) is 4.77. The number of carbonyl (C=O) groups is 2. The number of hydrogen-bond donors (Lipinski definition) is 1. The molecule has 0 radical (unpaired) electrons. The number of aromatic nitrogens is 2. The van der Waals surface area contributed by atoms with Crippen molar-refractivity contribution < 1.29 is 14.1 Å². The zero-order valence-electron chi connectivity index (χ0n) is 16.8. The molecule has 2 heterocycles. The van der Waals surface area contributed by atoms with Crippen molar-refractivity contribution in [1.82, 2.24) is 15.1 Å². The van der Waals surface area contributed by atoms with Crippen LogP contribution in [0.1, 0.15) is 29.9 Å². The number of hydrazone groups is 1. The highest BCUT2D eigenvalue weighted by molar-refractivity contribution is 6.02. The predicted molar refractivity (Wildman–Crippen MR) is 112 cm³/mol. The fourth-order valence-electron chi connectivity index (χ4n) is 3.12. The van der Waals surface area contributed by atoms with Gasteiger partial charge in [0.1, 0.15) is 12.3 Å². The second-order valence-electron chi connectivity index (χ2n) is 7.15. The fraction of sp³-hybridized carbons (Fsp3) is 0.227. The molecule has 8 nitrogen and oxygen atoms in total. The van der Waals surface area contributed by atoms with Gasteiger partial charge in [-0.3, -0.25) is 9.59 Å². The van der Waals surface area contributed by atoms with E-state index < -0.39 is 0 Å². The molecule has 0 bridgehead atoms. The highest BCUT2D eigenvalue weighted by Gasteiger charge is 2.26. The molecule has 152 valence electrons. The molecule has 30 heavy (non-hydrogen) atoms. The van der Waals surface area contributed by atoms with E-state index in [1.165, 1.54) is 0 Å². The van der Waals surface area contributed by atoms with Gasteiger partial charge in [-0.05, 0) is 31.0 Å². The number of hydrogen-bond acceptors (Lipinski definition) is 6. The maximum Gasteiger partial charge on any atom is 0.274 e. The molecule has 0 atom stereocenters. The minimum absolute atomic E-state index is 0.185. The third kappa shape index (κ3) is 4.27. The van der Waals surface area contributed by atoms with Crippen LogP contribution in [0.3, 0.4) is 0 Å². The Morgan fingerprint density at radius 3 is 2.73 bits per heavy atom. The van der Waals surface area contributed by atoms with Crippen molar-refractivity contribution in [2.45, 2.75) is 26.7 Å². The smallest absolute Gasteiger partial charge is 0.274 e. The third-order valence-electron chi connectivity index (χ3n) is 4.77. The van der Waals surface area contributed by atoms with Crippen LogP contribution in [-0.2, 0) is 9.59 Å². The lowest BCUT2D eigenvalue weighted by molar-refractivity contribution is -0.135. The number of benzene rings is 2. The van der Waals surface area contributed by atoms with Crippen molar-refractivity contribution >= 4 is 23.2 Å². The number of nitrogens with zero attached hydrogens (tertiary/aromatic N) is 4. The van der Waals surface area contributed by atoms with Gasteiger partial charge in [-0.1, -0.05) is 47.6 Å². The Hall–Kier alpha value is -3.81. The average molecular weight is 403 g/mol. The van der Waals surface area contributed by atoms with E-state index in [4.69, 9.17) is 4.52 Å². The SMILES string of the molecule is Cc1ccc(C)c(NC(=O)CN2N=C(c3nc(-c4ccccc4)no3)CCC2=O)c1. The van der Waals surface area contributed by atoms with E-state index in [2.05, 4.69) is 20.6 Å². The van der Waals surface area contributed by atoms with Crippen molar-refractivity contribution in [2.75, 3.05) is 11.9 Å². The topological polar surface area (TPSA) is 101 Å². The van der Waals surface area contributed by atoms with Crippen LogP contribution in [0.4, 0.5) is 5.69 Å². The Bertz CT molecular complexity index is 1120. The summed E-state index contributed by atoms with van der Waals surface area (Å²) < 4.78 is 5.34. The van der Waals surface area contributed by atoms with Crippen molar-refractivity contribution in [3.63, 3.8) is 0 Å². The zero-order chi connectivity index (χ0) is 21.1. The molecular formula is C22H21N5O3. The molecule has 1 aliphatic rings. The molecule has 0 saturated carbocycles. The Balaban J connectivity index is 1.49. The summed E-state index contributed by atoms with van der Waals surface area (Å²) in [6.07, 6.45) is 0.600. The van der Waals surface area contributed by atoms with E-state index in [0.29, 0.717) is 18.0 Å². The van der Waals surface area contributed by atoms with Crippen LogP contribution in [0, 0.1) is 13.8 Å². The van der Waals surface area contributed by atoms with Crippen molar-refractivity contribution in [1.29, 1.82) is 0 Å². The maximum atomic E-state index is 12.5. The lowest BCUT2D eigenvalue weighted by Gasteiger charge is -2.22. The first kappa shape index (κ1) is 19.5. The van der Waals surface area contributed by atoms with Gasteiger partial charge >= 0.3 is 0 Å². The second-order valence-corrected chi connectivity index (χ2v) is 7.15. The number of aryl methyl sites for hydroxylation is 2. The van der Waals surface area contributed by atoms with Gasteiger partial charge in [-0.25, -0.2) is 5.01 Å². The molecule has 2 aromatic carbocycles. The lowest BCUT2D eigenvalue weighted by Crippen LogP contribution is -2.38. The monoisotopic (exact) mass is 403 g/mol. The average Bonchev–Trinajstić information content (AvgIpc) is 3.23. The summed E-state index contributed by atoms with van der Waals surface area (Å²) in [6.45, 7) is 3.68. The van der Waals surface area contributed by atoms with Gasteiger partial charge in [-0.2, -0.15) is 10.1 Å². The first-order valence-electron chi connectivity index (χ1n) is 9.64. The maximum absolute atomic E-state index is 12.5. The highest BCUT2D eigenvalue weighted by atomic mass is 16.5. The summed E-state index contributed by atoms with van der Waals surface area (Å²) in [5.74, 6) is 0.154. The number of rotatable bonds is 5. The van der Waals surface area contributed by atoms with Crippen LogP contribution >= 0.6 is 0 Å². The van der Waals surface area contributed by atoms with Gasteiger partial charge in [0.2, 0.25) is 17.6 Å². The summed E-state index contributed by atoms with van der Waals surface area (Å²) in [5, 5.41) is 12.3. The van der Waals surface area contributed by atoms with Gasteiger partial charge in [0.05, 0.1) is 0 Å². The molecule has 3 aromatic rings. The van der Waals surface area contributed by atoms with E-state index in [1.807, 2.05) is 62.4 Å². The van der Waals surface area contributed by atoms with Gasteiger partial charge in [0.25, 0.3) is 5.89 Å². The molecule has 0 fully saturated rings. The molecule has 0 spiro atoms. The van der Waals surface area contributed by atoms with E-state index >= 15 is 0 Å². The Morgan fingerprint density at radius 2 is 1.93 bits per heavy atom. The van der Waals surface area contributed by atoms with Gasteiger partial charge in [0.15, 0.2) is 0 Å². The summed E-state index contributed by atoms with van der Waals surface area (Å²) in [7, 11) is 0. The van der Waals surface area contributed by atoms with Crippen molar-refractivity contribution in [3.05, 3.63) is 65.5 Å². The van der Waals surface area contributed by atoms with Crippen LogP contribution in [0.2, 0.25) is 0 Å². The van der Waals surface area contributed by atoms with E-state index in [-0.39, 0.29) is 30.7 Å². The lowest BCUT2D eigenvalue weighted by atomic mass is 10.1. The van der Waals surface area contributed by atoms with Crippen LogP contribution in [0.25, 0.3) is 11.4 Å². The van der Waals surface area contributed by atoms with Crippen molar-refractivity contribution in [3.8, 4) is 11.4 Å². The van der Waals surface area contributed by atoms with Crippen LogP contribution in [-0.4, -0.2) is 39.2 Å². The molecular weight excluding hydrogens is 382 g/mol. The summed E-state index contributed by atoms with van der Waals surface area (Å²) in [5.41, 5.74) is 4.02. The standard InChI is InChI=1S/C22H21N5O3/c1-14-8-9-15(2)18(12-14)23-19(28)13-27-20(29)11-10-17(25-27)22-24-21(26-30-22)16-6-4-3-5-7-16/h3-9,12H,10-11,13H2,1-2H3,(H,23,28). The molecule has 1 aromatic heterocycles. The molecule has 4 rings (SSSR count). The normalized spacial score (nSPS) is 13.9. The fourth-order valence-corrected chi connectivity index (χ4v) is 3.12. The first-order chi connectivity index (χ1) is 14.5. The molecule has 0 unspecified atom stereocenters. The Labute approximate surface area is 173 Å². The summed E-state index contributed by atoms with van der Waals surface area (Å²) in [6, 6.07) is 15.2. The van der Waals surface area contributed by atoms with Gasteiger partial charge in [-0.15, -0.1) is 0 Å². The van der Waals surface area contributed by atoms with Crippen LogP contribution in [0.15, 0.2) is 58.2 Å². The quantitative estimate of drug-likeness (QED) is 0.704. The minimum Gasteiger partial charge on any atom is -0.332 e. The molecule has 2 amide bonds. The first-order valence-corrected chi connectivity index (χ1v) is 9.64. The summed E-state index contributed by atoms with van der Waals surface area (Å²) in [4.78, 5) is 29.2. The molecule has 1 aliphatic heterocycles. The number of nitrogens with one attached hydrogen (secondary N) is 1. The number of anilines is 1. The molecule has 0 saturated heterocycles. The number of carbonyl (C=O) groups excluding carboxylic acids is 2. The minimum atomic E-state index is -0.322. The van der Waals surface area contributed by atoms with E-state index in [9.17, 15) is 9.59 Å². The van der Waals surface area contributed by atoms with Crippen molar-refractivity contribution in [2.24, 2.45) is 5.10 Å². The van der Waals surface area contributed by atoms with Gasteiger partial charge in [0, 0.05) is 24.1 Å². The predicted octanol–water partition coefficient (Wildman–Crippen LogP) is 3.32. The molecule has 1 N–H and O–H groups in total. The number of amides is 2. The Morgan fingerprint density at radius 1 is 1.13 bits per heavy atom.